The number of nitrogens with zero attached hydrogens (tertiary/aromatic N) is 5. The lowest BCUT2D eigenvalue weighted by Crippen LogP contribution is -2.37. The van der Waals surface area contributed by atoms with Gasteiger partial charge in [-0.05, 0) is 54.4 Å². The van der Waals surface area contributed by atoms with E-state index in [1.807, 2.05) is 0 Å². The van der Waals surface area contributed by atoms with Crippen molar-refractivity contribution in [2.75, 3.05) is 4.90 Å². The molecule has 10 heteroatoms. The van der Waals surface area contributed by atoms with E-state index in [0.29, 0.717) is 17.0 Å². The summed E-state index contributed by atoms with van der Waals surface area (Å²) in [6.45, 7) is 5.47. The molecule has 0 N–H and O–H groups in total. The van der Waals surface area contributed by atoms with Crippen molar-refractivity contribution in [3.05, 3.63) is 40.0 Å². The van der Waals surface area contributed by atoms with Crippen LogP contribution in [0.2, 0.25) is 5.28 Å². The maximum absolute atomic E-state index is 12.8. The molecule has 0 aliphatic rings. The molecule has 0 aromatic carbocycles. The van der Waals surface area contributed by atoms with Gasteiger partial charge in [0.15, 0.2) is 5.82 Å². The highest BCUT2D eigenvalue weighted by Gasteiger charge is 2.28. The number of amides is 1. The van der Waals surface area contributed by atoms with Crippen LogP contribution in [0.5, 0.6) is 0 Å². The normalized spacial score (nSPS) is 11.7. The maximum Gasteiger partial charge on any atom is 0.416 e. The Kier molecular flexibility index (Phi) is 4.70. The van der Waals surface area contributed by atoms with Crippen LogP contribution >= 0.6 is 27.5 Å². The zero-order valence-electron chi connectivity index (χ0n) is 13.7. The first-order chi connectivity index (χ1) is 11.7. The zero-order chi connectivity index (χ0) is 18.2. The standard InChI is InChI=1S/C15H15BrClN5O3/c1-15(2,3)25-14(23)21(8-10-4-5-24-20-10)12-11-6-9(16)7-22(11)19-13(17)18-12/h4-7H,8H2,1-3H3. The van der Waals surface area contributed by atoms with Crippen LogP contribution in [0.1, 0.15) is 26.5 Å². The molecule has 0 saturated carbocycles. The Balaban J connectivity index is 2.09. The Hall–Kier alpha value is -2.13. The van der Waals surface area contributed by atoms with Crippen LogP contribution in [-0.2, 0) is 11.3 Å². The van der Waals surface area contributed by atoms with Gasteiger partial charge in [0.05, 0.1) is 6.54 Å². The Morgan fingerprint density at radius 1 is 1.48 bits per heavy atom. The van der Waals surface area contributed by atoms with Gasteiger partial charge in [-0.15, -0.1) is 5.10 Å². The van der Waals surface area contributed by atoms with E-state index in [4.69, 9.17) is 20.9 Å². The van der Waals surface area contributed by atoms with Crippen molar-refractivity contribution in [1.82, 2.24) is 19.8 Å². The van der Waals surface area contributed by atoms with Crippen LogP contribution in [0.4, 0.5) is 10.6 Å². The van der Waals surface area contributed by atoms with Crippen LogP contribution < -0.4 is 4.90 Å². The van der Waals surface area contributed by atoms with E-state index >= 15 is 0 Å². The van der Waals surface area contributed by atoms with Crippen LogP contribution in [0.25, 0.3) is 5.52 Å². The number of carbonyl (C=O) groups is 1. The van der Waals surface area contributed by atoms with E-state index in [9.17, 15) is 4.79 Å². The first-order valence-electron chi connectivity index (χ1n) is 7.34. The fourth-order valence-corrected chi connectivity index (χ4v) is 2.72. The molecule has 0 spiro atoms. The van der Waals surface area contributed by atoms with Gasteiger partial charge in [0.1, 0.15) is 23.1 Å². The fourth-order valence-electron chi connectivity index (χ4n) is 2.15. The number of hydrogen-bond donors (Lipinski definition) is 0. The lowest BCUT2D eigenvalue weighted by Gasteiger charge is -2.26. The minimum atomic E-state index is -0.672. The summed E-state index contributed by atoms with van der Waals surface area (Å²) >= 11 is 9.41. The predicted octanol–water partition coefficient (Wildman–Crippen LogP) is 4.07. The Bertz CT molecular complexity index is 904. The summed E-state index contributed by atoms with van der Waals surface area (Å²) in [4.78, 5) is 18.3. The molecule has 0 atom stereocenters. The van der Waals surface area contributed by atoms with E-state index in [1.165, 1.54) is 15.7 Å². The molecule has 3 aromatic rings. The maximum atomic E-state index is 12.8. The number of halogens is 2. The number of ether oxygens (including phenoxy) is 1. The molecule has 132 valence electrons. The summed E-state index contributed by atoms with van der Waals surface area (Å²) in [5.74, 6) is 0.308. The van der Waals surface area contributed by atoms with Gasteiger partial charge in [-0.2, -0.15) is 4.98 Å². The minimum Gasteiger partial charge on any atom is -0.443 e. The average Bonchev–Trinajstić information content (AvgIpc) is 3.10. The van der Waals surface area contributed by atoms with E-state index in [0.717, 1.165) is 4.47 Å². The van der Waals surface area contributed by atoms with E-state index in [-0.39, 0.29) is 11.8 Å². The molecule has 0 fully saturated rings. The molecule has 3 rings (SSSR count). The van der Waals surface area contributed by atoms with Crippen molar-refractivity contribution in [3.8, 4) is 0 Å². The summed E-state index contributed by atoms with van der Waals surface area (Å²) in [5, 5.41) is 7.95. The molecule has 0 unspecified atom stereocenters. The van der Waals surface area contributed by atoms with Crippen LogP contribution in [-0.4, -0.2) is 31.4 Å². The Labute approximate surface area is 156 Å². The summed E-state index contributed by atoms with van der Waals surface area (Å²) < 4.78 is 12.7. The molecule has 3 heterocycles. The molecule has 25 heavy (non-hydrogen) atoms. The van der Waals surface area contributed by atoms with E-state index < -0.39 is 11.7 Å². The number of rotatable bonds is 3. The zero-order valence-corrected chi connectivity index (χ0v) is 16.1. The molecule has 0 aliphatic carbocycles. The Morgan fingerprint density at radius 2 is 2.24 bits per heavy atom. The van der Waals surface area contributed by atoms with Crippen molar-refractivity contribution in [2.24, 2.45) is 0 Å². The molecule has 0 bridgehead atoms. The van der Waals surface area contributed by atoms with Gasteiger partial charge in [0.2, 0.25) is 5.28 Å². The summed E-state index contributed by atoms with van der Waals surface area (Å²) in [5.41, 5.74) is 0.462. The van der Waals surface area contributed by atoms with Crippen LogP contribution in [0.3, 0.4) is 0 Å². The monoisotopic (exact) mass is 427 g/mol. The van der Waals surface area contributed by atoms with Crippen molar-refractivity contribution in [1.29, 1.82) is 0 Å². The topological polar surface area (TPSA) is 85.8 Å². The third kappa shape index (κ3) is 4.10. The fraction of sp³-hybridized carbons (Fsp3) is 0.333. The number of carbonyl (C=O) groups excluding carboxylic acids is 1. The molecule has 0 aliphatic heterocycles. The predicted molar refractivity (Wildman–Crippen MR) is 94.6 cm³/mol. The number of hydrogen-bond acceptors (Lipinski definition) is 6. The van der Waals surface area contributed by atoms with Gasteiger partial charge < -0.3 is 9.26 Å². The lowest BCUT2D eigenvalue weighted by atomic mass is 10.2. The lowest BCUT2D eigenvalue weighted by molar-refractivity contribution is 0.0576. The van der Waals surface area contributed by atoms with Crippen LogP contribution in [0, 0.1) is 0 Å². The molecular formula is C15H15BrClN5O3. The summed E-state index contributed by atoms with van der Waals surface area (Å²) in [7, 11) is 0. The van der Waals surface area contributed by atoms with Gasteiger partial charge in [-0.3, -0.25) is 4.90 Å². The molecule has 0 radical (unpaired) electrons. The summed E-state index contributed by atoms with van der Waals surface area (Å²) in [6.07, 6.45) is 2.57. The van der Waals surface area contributed by atoms with E-state index in [2.05, 4.69) is 31.2 Å². The van der Waals surface area contributed by atoms with Gasteiger partial charge in [-0.1, -0.05) is 5.16 Å². The van der Waals surface area contributed by atoms with Crippen molar-refractivity contribution < 1.29 is 14.1 Å². The van der Waals surface area contributed by atoms with Crippen LogP contribution in [0.15, 0.2) is 33.6 Å². The molecule has 1 amide bonds. The highest BCUT2D eigenvalue weighted by Crippen LogP contribution is 2.27. The van der Waals surface area contributed by atoms with Gasteiger partial charge >= 0.3 is 6.09 Å². The molecular weight excluding hydrogens is 414 g/mol. The third-order valence-corrected chi connectivity index (χ3v) is 3.66. The van der Waals surface area contributed by atoms with Crippen molar-refractivity contribution >= 4 is 45.0 Å². The largest absolute Gasteiger partial charge is 0.443 e. The Morgan fingerprint density at radius 3 is 2.88 bits per heavy atom. The first kappa shape index (κ1) is 17.7. The second-order valence-corrected chi connectivity index (χ2v) is 7.50. The molecule has 8 nitrogen and oxygen atoms in total. The van der Waals surface area contributed by atoms with Gasteiger partial charge in [0, 0.05) is 16.7 Å². The smallest absolute Gasteiger partial charge is 0.416 e. The van der Waals surface area contributed by atoms with Crippen molar-refractivity contribution in [3.63, 3.8) is 0 Å². The number of fused-ring (bicyclic) bond motifs is 1. The average molecular weight is 429 g/mol. The van der Waals surface area contributed by atoms with Gasteiger partial charge in [0.25, 0.3) is 0 Å². The first-order valence-corrected chi connectivity index (χ1v) is 8.51. The third-order valence-electron chi connectivity index (χ3n) is 3.07. The number of anilines is 1. The highest BCUT2D eigenvalue weighted by molar-refractivity contribution is 9.10. The summed E-state index contributed by atoms with van der Waals surface area (Å²) in [6, 6.07) is 3.44. The quantitative estimate of drug-likeness (QED) is 0.625. The highest BCUT2D eigenvalue weighted by atomic mass is 79.9. The second kappa shape index (κ2) is 6.64. The minimum absolute atomic E-state index is 0.000638. The van der Waals surface area contributed by atoms with Crippen molar-refractivity contribution in [2.45, 2.75) is 32.9 Å². The van der Waals surface area contributed by atoms with E-state index in [1.54, 1.807) is 39.1 Å². The number of aromatic nitrogens is 4. The molecule has 3 aromatic heterocycles. The SMILES string of the molecule is CC(C)(C)OC(=O)N(Cc1ccon1)c1nc(Cl)nn2cc(Br)cc12. The molecule has 0 saturated heterocycles. The van der Waals surface area contributed by atoms with Gasteiger partial charge in [-0.25, -0.2) is 9.31 Å². The second-order valence-electron chi connectivity index (χ2n) is 6.25.